The molecule has 1 aromatic heterocycles. The molecule has 0 unspecified atom stereocenters. The van der Waals surface area contributed by atoms with Gasteiger partial charge in [0, 0.05) is 10.9 Å². The van der Waals surface area contributed by atoms with E-state index in [0.717, 1.165) is 10.9 Å². The molecule has 0 spiro atoms. The Kier molecular flexibility index (Phi) is 5.16. The average molecular weight is 365 g/mol. The van der Waals surface area contributed by atoms with Gasteiger partial charge in [0.2, 0.25) is 5.91 Å². The number of nitrogens with two attached hydrogens (primary N) is 1. The number of nitrogens with one attached hydrogen (secondary N) is 3. The van der Waals surface area contributed by atoms with Crippen molar-refractivity contribution in [3.05, 3.63) is 59.8 Å². The first kappa shape index (κ1) is 18.1. The number of para-hydroxylation sites is 1. The van der Waals surface area contributed by atoms with Crippen molar-refractivity contribution in [1.29, 1.82) is 0 Å². The Labute approximate surface area is 155 Å². The third kappa shape index (κ3) is 3.95. The zero-order chi connectivity index (χ0) is 19.4. The van der Waals surface area contributed by atoms with Gasteiger partial charge in [-0.2, -0.15) is 5.10 Å². The number of nitrogens with zero attached hydrogens (tertiary/aromatic N) is 1. The number of anilines is 1. The number of primary amides is 1. The molecule has 3 amide bonds. The summed E-state index contributed by atoms with van der Waals surface area (Å²) in [6.07, 6.45) is 2.00. The van der Waals surface area contributed by atoms with Crippen LogP contribution in [-0.4, -0.2) is 34.0 Å². The van der Waals surface area contributed by atoms with Gasteiger partial charge in [0.1, 0.15) is 6.04 Å². The number of hydrogen-bond donors (Lipinski definition) is 4. The van der Waals surface area contributed by atoms with E-state index in [1.807, 2.05) is 0 Å². The lowest BCUT2D eigenvalue weighted by molar-refractivity contribution is -0.118. The minimum absolute atomic E-state index is 0.206. The van der Waals surface area contributed by atoms with Crippen LogP contribution in [0.5, 0.6) is 0 Å². The number of amides is 3. The third-order valence-electron chi connectivity index (χ3n) is 4.18. The van der Waals surface area contributed by atoms with E-state index in [2.05, 4.69) is 20.8 Å². The lowest BCUT2D eigenvalue weighted by Gasteiger charge is -2.18. The normalized spacial score (nSPS) is 11.7. The molecule has 0 bridgehead atoms. The summed E-state index contributed by atoms with van der Waals surface area (Å²) in [5, 5.41) is 12.9. The second-order valence-corrected chi connectivity index (χ2v) is 6.01. The van der Waals surface area contributed by atoms with Gasteiger partial charge in [-0.25, -0.2) is 0 Å². The molecule has 0 aliphatic heterocycles. The van der Waals surface area contributed by atoms with Crippen LogP contribution in [0.1, 0.15) is 34.1 Å². The van der Waals surface area contributed by atoms with Crippen molar-refractivity contribution in [2.75, 3.05) is 5.32 Å². The van der Waals surface area contributed by atoms with Gasteiger partial charge in [-0.3, -0.25) is 19.5 Å². The fourth-order valence-corrected chi connectivity index (χ4v) is 2.71. The number of H-pyrrole nitrogens is 1. The van der Waals surface area contributed by atoms with Crippen LogP contribution >= 0.6 is 0 Å². The Morgan fingerprint density at radius 2 is 1.96 bits per heavy atom. The Morgan fingerprint density at radius 3 is 2.70 bits per heavy atom. The third-order valence-corrected chi connectivity index (χ3v) is 4.18. The molecule has 2 aromatic carbocycles. The summed E-state index contributed by atoms with van der Waals surface area (Å²) >= 11 is 0. The van der Waals surface area contributed by atoms with Crippen LogP contribution in [-0.2, 0) is 4.79 Å². The highest BCUT2D eigenvalue weighted by Crippen LogP contribution is 2.16. The van der Waals surface area contributed by atoms with Gasteiger partial charge in [0.15, 0.2) is 0 Å². The quantitative estimate of drug-likeness (QED) is 0.531. The van der Waals surface area contributed by atoms with Crippen LogP contribution in [0.15, 0.2) is 48.7 Å². The highest BCUT2D eigenvalue weighted by Gasteiger charge is 2.21. The Bertz CT molecular complexity index is 1010. The summed E-state index contributed by atoms with van der Waals surface area (Å²) in [4.78, 5) is 36.6. The van der Waals surface area contributed by atoms with Crippen molar-refractivity contribution in [1.82, 2.24) is 15.5 Å². The van der Waals surface area contributed by atoms with Crippen molar-refractivity contribution in [3.63, 3.8) is 0 Å². The Morgan fingerprint density at radius 1 is 1.19 bits per heavy atom. The lowest BCUT2D eigenvalue weighted by Crippen LogP contribution is -2.43. The maximum Gasteiger partial charge on any atom is 0.251 e. The van der Waals surface area contributed by atoms with Crippen LogP contribution in [0.2, 0.25) is 0 Å². The van der Waals surface area contributed by atoms with Crippen LogP contribution in [0.25, 0.3) is 10.9 Å². The first-order chi connectivity index (χ1) is 13.0. The molecule has 0 radical (unpaired) electrons. The first-order valence-electron chi connectivity index (χ1n) is 8.43. The maximum absolute atomic E-state index is 12.6. The molecule has 8 heteroatoms. The van der Waals surface area contributed by atoms with Gasteiger partial charge in [-0.05, 0) is 36.8 Å². The van der Waals surface area contributed by atoms with E-state index in [1.54, 1.807) is 49.5 Å². The Balaban J connectivity index is 1.73. The van der Waals surface area contributed by atoms with Crippen LogP contribution in [0.4, 0.5) is 5.69 Å². The van der Waals surface area contributed by atoms with E-state index in [4.69, 9.17) is 5.73 Å². The molecule has 3 aromatic rings. The van der Waals surface area contributed by atoms with Crippen molar-refractivity contribution < 1.29 is 14.4 Å². The summed E-state index contributed by atoms with van der Waals surface area (Å²) in [5.74, 6) is -1.44. The van der Waals surface area contributed by atoms with Crippen molar-refractivity contribution >= 4 is 34.3 Å². The highest BCUT2D eigenvalue weighted by atomic mass is 16.2. The molecule has 1 atom stereocenters. The molecular weight excluding hydrogens is 346 g/mol. The van der Waals surface area contributed by atoms with Gasteiger partial charge < -0.3 is 16.4 Å². The van der Waals surface area contributed by atoms with Crippen LogP contribution in [0, 0.1) is 0 Å². The first-order valence-corrected chi connectivity index (χ1v) is 8.43. The largest absolute Gasteiger partial charge is 0.366 e. The van der Waals surface area contributed by atoms with Crippen molar-refractivity contribution in [2.24, 2.45) is 5.73 Å². The zero-order valence-electron chi connectivity index (χ0n) is 14.7. The van der Waals surface area contributed by atoms with E-state index in [1.165, 1.54) is 6.07 Å². The maximum atomic E-state index is 12.6. The number of rotatable bonds is 6. The number of hydrogen-bond acceptors (Lipinski definition) is 4. The molecule has 27 heavy (non-hydrogen) atoms. The van der Waals surface area contributed by atoms with E-state index in [9.17, 15) is 14.4 Å². The molecule has 0 aliphatic rings. The molecule has 1 heterocycles. The fourth-order valence-electron chi connectivity index (χ4n) is 2.71. The van der Waals surface area contributed by atoms with E-state index in [-0.39, 0.29) is 11.5 Å². The summed E-state index contributed by atoms with van der Waals surface area (Å²) in [6, 6.07) is 10.8. The predicted octanol–water partition coefficient (Wildman–Crippen LogP) is 1.81. The molecule has 0 saturated heterocycles. The smallest absolute Gasteiger partial charge is 0.251 e. The monoisotopic (exact) mass is 365 g/mol. The summed E-state index contributed by atoms with van der Waals surface area (Å²) in [6.45, 7) is 1.78. The van der Waals surface area contributed by atoms with Gasteiger partial charge in [0.05, 0.1) is 23.0 Å². The van der Waals surface area contributed by atoms with Gasteiger partial charge in [-0.15, -0.1) is 0 Å². The fraction of sp³-hybridized carbons (Fsp3) is 0.158. The number of fused-ring (bicyclic) bond motifs is 1. The molecule has 5 N–H and O–H groups in total. The van der Waals surface area contributed by atoms with Crippen LogP contribution < -0.4 is 16.4 Å². The molecule has 138 valence electrons. The number of carbonyl (C=O) groups is 3. The number of aromatic amines is 1. The zero-order valence-corrected chi connectivity index (χ0v) is 14.7. The lowest BCUT2D eigenvalue weighted by atomic mass is 10.1. The molecule has 0 saturated carbocycles. The van der Waals surface area contributed by atoms with Gasteiger partial charge in [-0.1, -0.05) is 19.1 Å². The van der Waals surface area contributed by atoms with E-state index in [0.29, 0.717) is 17.7 Å². The predicted molar refractivity (Wildman–Crippen MR) is 101 cm³/mol. The van der Waals surface area contributed by atoms with Gasteiger partial charge in [0.25, 0.3) is 11.8 Å². The standard InChI is InChI=1S/C19H19N5O3/c1-2-14(19(27)23-16-6-4-3-5-13(16)17(20)25)22-18(26)11-7-8-15-12(9-11)10-21-24-15/h3-10,14H,2H2,1H3,(H2,20,25)(H,21,24)(H,22,26)(H,23,27)/t14-/m1/s1. The molecule has 0 aliphatic carbocycles. The molecule has 8 nitrogen and oxygen atoms in total. The topological polar surface area (TPSA) is 130 Å². The number of aromatic nitrogens is 2. The second-order valence-electron chi connectivity index (χ2n) is 6.01. The summed E-state index contributed by atoms with van der Waals surface area (Å²) in [7, 11) is 0. The minimum Gasteiger partial charge on any atom is -0.366 e. The van der Waals surface area contributed by atoms with Crippen molar-refractivity contribution in [3.8, 4) is 0 Å². The number of benzene rings is 2. The summed E-state index contributed by atoms with van der Waals surface area (Å²) < 4.78 is 0. The SMILES string of the molecule is CC[C@@H](NC(=O)c1ccc2[nH]ncc2c1)C(=O)Nc1ccccc1C(N)=O. The average Bonchev–Trinajstić information content (AvgIpc) is 3.13. The molecule has 3 rings (SSSR count). The highest BCUT2D eigenvalue weighted by molar-refractivity contribution is 6.06. The molecule has 0 fully saturated rings. The Hall–Kier alpha value is -3.68. The summed E-state index contributed by atoms with van der Waals surface area (Å²) in [5.41, 5.74) is 7.08. The second kappa shape index (κ2) is 7.69. The van der Waals surface area contributed by atoms with E-state index >= 15 is 0 Å². The van der Waals surface area contributed by atoms with Crippen LogP contribution in [0.3, 0.4) is 0 Å². The van der Waals surface area contributed by atoms with E-state index < -0.39 is 17.9 Å². The molecular formula is C19H19N5O3. The van der Waals surface area contributed by atoms with Crippen molar-refractivity contribution in [2.45, 2.75) is 19.4 Å². The van der Waals surface area contributed by atoms with Gasteiger partial charge >= 0.3 is 0 Å². The number of carbonyl (C=O) groups excluding carboxylic acids is 3. The minimum atomic E-state index is -0.765.